The summed E-state index contributed by atoms with van der Waals surface area (Å²) in [5.41, 5.74) is 6.57. The molecule has 0 aliphatic rings. The van der Waals surface area contributed by atoms with Gasteiger partial charge in [-0.1, -0.05) is 23.7 Å². The van der Waals surface area contributed by atoms with Gasteiger partial charge in [-0.25, -0.2) is 4.39 Å². The van der Waals surface area contributed by atoms with Gasteiger partial charge in [0, 0.05) is 29.0 Å². The Bertz CT molecular complexity index is 502. The number of hydrogen-bond acceptors (Lipinski definition) is 3. The third kappa shape index (κ3) is 3.29. The number of thiophene rings is 1. The number of nitrogens with two attached hydrogens (primary N) is 1. The maximum absolute atomic E-state index is 13.0. The Hall–Kier alpha value is -0.940. The highest BCUT2D eigenvalue weighted by atomic mass is 35.5. The molecule has 1 atom stereocenters. The molecule has 2 nitrogen and oxygen atoms in total. The van der Waals surface area contributed by atoms with Crippen molar-refractivity contribution in [2.45, 2.75) is 12.6 Å². The number of hydrogen-bond donors (Lipinski definition) is 2. The van der Waals surface area contributed by atoms with Crippen LogP contribution in [0.5, 0.6) is 0 Å². The summed E-state index contributed by atoms with van der Waals surface area (Å²) in [5.74, 6) is -0.335. The Morgan fingerprint density at radius 2 is 2.22 bits per heavy atom. The smallest absolute Gasteiger partial charge is 0.124 e. The Balaban J connectivity index is 2.08. The van der Waals surface area contributed by atoms with E-state index in [1.807, 2.05) is 11.4 Å². The second kappa shape index (κ2) is 6.29. The third-order valence-electron chi connectivity index (χ3n) is 2.68. The monoisotopic (exact) mass is 284 g/mol. The van der Waals surface area contributed by atoms with Crippen molar-refractivity contribution in [2.24, 2.45) is 5.73 Å². The molecule has 0 fully saturated rings. The van der Waals surface area contributed by atoms with Crippen LogP contribution in [0.15, 0.2) is 35.7 Å². The molecule has 0 amide bonds. The van der Waals surface area contributed by atoms with Crippen molar-refractivity contribution in [1.29, 1.82) is 0 Å². The van der Waals surface area contributed by atoms with E-state index in [0.717, 1.165) is 12.1 Å². The maximum atomic E-state index is 13.0. The molecule has 0 saturated heterocycles. The Labute approximate surface area is 115 Å². The molecule has 3 N–H and O–H groups in total. The van der Waals surface area contributed by atoms with Gasteiger partial charge in [0.2, 0.25) is 0 Å². The van der Waals surface area contributed by atoms with Gasteiger partial charge in [0.25, 0.3) is 0 Å². The molecule has 0 bridgehead atoms. The van der Waals surface area contributed by atoms with Crippen LogP contribution < -0.4 is 11.1 Å². The lowest BCUT2D eigenvalue weighted by molar-refractivity contribution is 0.543. The van der Waals surface area contributed by atoms with Crippen LogP contribution in [0.1, 0.15) is 16.5 Å². The van der Waals surface area contributed by atoms with Crippen LogP contribution in [-0.2, 0) is 6.54 Å². The van der Waals surface area contributed by atoms with Crippen molar-refractivity contribution in [1.82, 2.24) is 5.32 Å². The first kappa shape index (κ1) is 13.5. The maximum Gasteiger partial charge on any atom is 0.124 e. The summed E-state index contributed by atoms with van der Waals surface area (Å²) in [7, 11) is 0. The van der Waals surface area contributed by atoms with Crippen LogP contribution >= 0.6 is 22.9 Å². The predicted molar refractivity (Wildman–Crippen MR) is 74.4 cm³/mol. The summed E-state index contributed by atoms with van der Waals surface area (Å²) in [6.45, 7) is 1.14. The SMILES string of the molecule is NCC(NCc1cccs1)c1ccc(F)cc1Cl. The van der Waals surface area contributed by atoms with Crippen molar-refractivity contribution in [3.63, 3.8) is 0 Å². The lowest BCUT2D eigenvalue weighted by atomic mass is 10.1. The van der Waals surface area contributed by atoms with Gasteiger partial charge in [0.1, 0.15) is 5.82 Å². The fourth-order valence-electron chi connectivity index (χ4n) is 1.74. The van der Waals surface area contributed by atoms with E-state index >= 15 is 0 Å². The topological polar surface area (TPSA) is 38.0 Å². The second-order valence-corrected chi connectivity index (χ2v) is 5.35. The van der Waals surface area contributed by atoms with Crippen LogP contribution in [0.25, 0.3) is 0 Å². The number of halogens is 2. The zero-order chi connectivity index (χ0) is 13.0. The summed E-state index contributed by atoms with van der Waals surface area (Å²) >= 11 is 7.71. The molecular weight excluding hydrogens is 271 g/mol. The van der Waals surface area contributed by atoms with Gasteiger partial charge in [-0.2, -0.15) is 0 Å². The second-order valence-electron chi connectivity index (χ2n) is 3.91. The molecule has 2 aromatic rings. The van der Waals surface area contributed by atoms with E-state index in [2.05, 4.69) is 11.4 Å². The highest BCUT2D eigenvalue weighted by Gasteiger charge is 2.13. The van der Waals surface area contributed by atoms with Crippen molar-refractivity contribution < 1.29 is 4.39 Å². The third-order valence-corrected chi connectivity index (χ3v) is 3.88. The van der Waals surface area contributed by atoms with E-state index in [1.165, 1.54) is 17.0 Å². The van der Waals surface area contributed by atoms with E-state index in [-0.39, 0.29) is 11.9 Å². The molecule has 5 heteroatoms. The average molecular weight is 285 g/mol. The largest absolute Gasteiger partial charge is 0.329 e. The molecule has 1 heterocycles. The molecule has 0 aliphatic carbocycles. The van der Waals surface area contributed by atoms with Crippen LogP contribution in [0.3, 0.4) is 0 Å². The minimum Gasteiger partial charge on any atom is -0.329 e. The van der Waals surface area contributed by atoms with Crippen molar-refractivity contribution >= 4 is 22.9 Å². The van der Waals surface area contributed by atoms with Gasteiger partial charge in [-0.05, 0) is 29.1 Å². The molecule has 0 radical (unpaired) electrons. The normalized spacial score (nSPS) is 12.6. The molecule has 96 valence electrons. The summed E-state index contributed by atoms with van der Waals surface area (Å²) in [5, 5.41) is 5.76. The van der Waals surface area contributed by atoms with Gasteiger partial charge < -0.3 is 11.1 Å². The summed E-state index contributed by atoms with van der Waals surface area (Å²) in [6.07, 6.45) is 0. The van der Waals surface area contributed by atoms with E-state index < -0.39 is 0 Å². The van der Waals surface area contributed by atoms with Crippen molar-refractivity contribution in [3.8, 4) is 0 Å². The summed E-state index contributed by atoms with van der Waals surface area (Å²) in [6, 6.07) is 8.38. The fourth-order valence-corrected chi connectivity index (χ4v) is 2.70. The van der Waals surface area contributed by atoms with Gasteiger partial charge in [0.15, 0.2) is 0 Å². The molecule has 0 aliphatic heterocycles. The fraction of sp³-hybridized carbons (Fsp3) is 0.231. The number of benzene rings is 1. The first-order chi connectivity index (χ1) is 8.70. The Morgan fingerprint density at radius 3 is 2.83 bits per heavy atom. The zero-order valence-corrected chi connectivity index (χ0v) is 11.3. The van der Waals surface area contributed by atoms with Gasteiger partial charge >= 0.3 is 0 Å². The minimum atomic E-state index is -0.335. The van der Waals surface area contributed by atoms with E-state index in [0.29, 0.717) is 11.6 Å². The average Bonchev–Trinajstić information content (AvgIpc) is 2.85. The van der Waals surface area contributed by atoms with E-state index in [1.54, 1.807) is 17.4 Å². The van der Waals surface area contributed by atoms with Crippen LogP contribution in [-0.4, -0.2) is 6.54 Å². The molecule has 2 rings (SSSR count). The van der Waals surface area contributed by atoms with Crippen LogP contribution in [0.4, 0.5) is 4.39 Å². The molecular formula is C13H14ClFN2S. The minimum absolute atomic E-state index is 0.0693. The lowest BCUT2D eigenvalue weighted by Crippen LogP contribution is -2.27. The first-order valence-corrected chi connectivity index (χ1v) is 6.87. The molecule has 18 heavy (non-hydrogen) atoms. The molecule has 1 aromatic heterocycles. The van der Waals surface area contributed by atoms with E-state index in [4.69, 9.17) is 17.3 Å². The summed E-state index contributed by atoms with van der Waals surface area (Å²) < 4.78 is 13.0. The van der Waals surface area contributed by atoms with Crippen LogP contribution in [0, 0.1) is 5.82 Å². The van der Waals surface area contributed by atoms with Crippen molar-refractivity contribution in [3.05, 3.63) is 57.0 Å². The van der Waals surface area contributed by atoms with Gasteiger partial charge in [-0.15, -0.1) is 11.3 Å². The van der Waals surface area contributed by atoms with Gasteiger partial charge in [-0.3, -0.25) is 0 Å². The molecule has 1 aromatic carbocycles. The molecule has 0 spiro atoms. The lowest BCUT2D eigenvalue weighted by Gasteiger charge is -2.18. The Kier molecular flexibility index (Phi) is 4.72. The van der Waals surface area contributed by atoms with Crippen molar-refractivity contribution in [2.75, 3.05) is 6.54 Å². The van der Waals surface area contributed by atoms with Crippen LogP contribution in [0.2, 0.25) is 5.02 Å². The predicted octanol–water partition coefficient (Wildman–Crippen LogP) is 3.33. The quantitative estimate of drug-likeness (QED) is 0.884. The van der Waals surface area contributed by atoms with E-state index in [9.17, 15) is 4.39 Å². The van der Waals surface area contributed by atoms with Gasteiger partial charge in [0.05, 0.1) is 0 Å². The highest BCUT2D eigenvalue weighted by molar-refractivity contribution is 7.09. The molecule has 1 unspecified atom stereocenters. The molecule has 0 saturated carbocycles. The number of nitrogens with one attached hydrogen (secondary N) is 1. The Morgan fingerprint density at radius 1 is 1.39 bits per heavy atom. The first-order valence-electron chi connectivity index (χ1n) is 5.61. The number of rotatable bonds is 5. The zero-order valence-electron chi connectivity index (χ0n) is 9.70. The standard InChI is InChI=1S/C13H14ClFN2S/c14-12-6-9(15)3-4-11(12)13(7-16)17-8-10-2-1-5-18-10/h1-6,13,17H,7-8,16H2. The highest BCUT2D eigenvalue weighted by Crippen LogP contribution is 2.24. The summed E-state index contributed by atoms with van der Waals surface area (Å²) in [4.78, 5) is 1.23.